The van der Waals surface area contributed by atoms with Gasteiger partial charge >= 0.3 is 0 Å². The average Bonchev–Trinajstić information content (AvgIpc) is 2.91. The molecule has 1 amide bonds. The summed E-state index contributed by atoms with van der Waals surface area (Å²) in [6, 6.07) is 7.32. The predicted molar refractivity (Wildman–Crippen MR) is 79.0 cm³/mol. The van der Waals surface area contributed by atoms with E-state index in [1.54, 1.807) is 6.08 Å². The maximum absolute atomic E-state index is 11.9. The molecule has 1 aliphatic rings. The Morgan fingerprint density at radius 1 is 1.58 bits per heavy atom. The molecule has 1 aromatic carbocycles. The minimum absolute atomic E-state index is 0. The van der Waals surface area contributed by atoms with Crippen molar-refractivity contribution in [3.05, 3.63) is 36.9 Å². The van der Waals surface area contributed by atoms with Crippen LogP contribution < -0.4 is 15.4 Å². The van der Waals surface area contributed by atoms with Crippen LogP contribution in [0.4, 0.5) is 5.69 Å². The molecule has 0 bridgehead atoms. The van der Waals surface area contributed by atoms with Gasteiger partial charge in [-0.15, -0.1) is 12.4 Å². The molecule has 4 nitrogen and oxygen atoms in total. The van der Waals surface area contributed by atoms with Gasteiger partial charge in [0.15, 0.2) is 0 Å². The van der Waals surface area contributed by atoms with Crippen molar-refractivity contribution >= 4 is 24.0 Å². The number of hydrogen-bond acceptors (Lipinski definition) is 3. The molecule has 104 valence electrons. The maximum Gasteiger partial charge on any atom is 0.241 e. The van der Waals surface area contributed by atoms with Gasteiger partial charge in [-0.1, -0.05) is 18.7 Å². The van der Waals surface area contributed by atoms with E-state index in [0.717, 1.165) is 30.8 Å². The van der Waals surface area contributed by atoms with Crippen molar-refractivity contribution in [3.8, 4) is 5.75 Å². The molecule has 0 aromatic heterocycles. The Morgan fingerprint density at radius 2 is 2.42 bits per heavy atom. The highest BCUT2D eigenvalue weighted by Crippen LogP contribution is 2.18. The number of hydrogen-bond donors (Lipinski definition) is 2. The molecule has 1 saturated heterocycles. The number of carbonyl (C=O) groups excluding carboxylic acids is 1. The Balaban J connectivity index is 0.00000180. The minimum Gasteiger partial charge on any atom is -0.489 e. The summed E-state index contributed by atoms with van der Waals surface area (Å²) in [5, 5.41) is 6.06. The van der Waals surface area contributed by atoms with Crippen molar-refractivity contribution in [2.24, 2.45) is 0 Å². The molecule has 1 aliphatic heterocycles. The van der Waals surface area contributed by atoms with Gasteiger partial charge in [0.1, 0.15) is 12.4 Å². The van der Waals surface area contributed by atoms with Gasteiger partial charge in [0.2, 0.25) is 5.91 Å². The first-order chi connectivity index (χ1) is 8.79. The Morgan fingerprint density at radius 3 is 3.11 bits per heavy atom. The predicted octanol–water partition coefficient (Wildman–Crippen LogP) is 2.36. The van der Waals surface area contributed by atoms with Crippen LogP contribution in [0.2, 0.25) is 0 Å². The van der Waals surface area contributed by atoms with E-state index >= 15 is 0 Å². The van der Waals surface area contributed by atoms with Crippen LogP contribution >= 0.6 is 12.4 Å². The van der Waals surface area contributed by atoms with Gasteiger partial charge in [0, 0.05) is 11.8 Å². The van der Waals surface area contributed by atoms with Gasteiger partial charge in [-0.3, -0.25) is 4.79 Å². The zero-order valence-electron chi connectivity index (χ0n) is 10.7. The van der Waals surface area contributed by atoms with Crippen LogP contribution in [0.15, 0.2) is 36.9 Å². The van der Waals surface area contributed by atoms with Crippen LogP contribution in [-0.4, -0.2) is 25.1 Å². The normalized spacial score (nSPS) is 17.4. The van der Waals surface area contributed by atoms with Crippen molar-refractivity contribution in [2.75, 3.05) is 18.5 Å². The van der Waals surface area contributed by atoms with Crippen molar-refractivity contribution in [3.63, 3.8) is 0 Å². The molecule has 0 aliphatic carbocycles. The van der Waals surface area contributed by atoms with Crippen LogP contribution in [-0.2, 0) is 4.79 Å². The zero-order chi connectivity index (χ0) is 12.8. The smallest absolute Gasteiger partial charge is 0.241 e. The van der Waals surface area contributed by atoms with Crippen LogP contribution in [0.5, 0.6) is 5.75 Å². The third-order valence-corrected chi connectivity index (χ3v) is 2.85. The van der Waals surface area contributed by atoms with Gasteiger partial charge in [-0.2, -0.15) is 0 Å². The quantitative estimate of drug-likeness (QED) is 0.815. The molecular weight excluding hydrogens is 264 g/mol. The Kier molecular flexibility index (Phi) is 6.39. The molecule has 0 saturated carbocycles. The molecule has 19 heavy (non-hydrogen) atoms. The first-order valence-corrected chi connectivity index (χ1v) is 6.17. The van der Waals surface area contributed by atoms with E-state index in [0.29, 0.717) is 6.61 Å². The van der Waals surface area contributed by atoms with E-state index in [1.165, 1.54) is 0 Å². The third-order valence-electron chi connectivity index (χ3n) is 2.85. The van der Waals surface area contributed by atoms with Crippen molar-refractivity contribution in [2.45, 2.75) is 18.9 Å². The molecule has 2 rings (SSSR count). The van der Waals surface area contributed by atoms with Crippen LogP contribution in [0.3, 0.4) is 0 Å². The molecule has 1 heterocycles. The summed E-state index contributed by atoms with van der Waals surface area (Å²) in [7, 11) is 0. The highest BCUT2D eigenvalue weighted by Gasteiger charge is 2.21. The van der Waals surface area contributed by atoms with Crippen LogP contribution in [0.25, 0.3) is 0 Å². The van der Waals surface area contributed by atoms with E-state index in [4.69, 9.17) is 4.74 Å². The zero-order valence-corrected chi connectivity index (χ0v) is 11.5. The summed E-state index contributed by atoms with van der Waals surface area (Å²) in [4.78, 5) is 11.9. The fourth-order valence-electron chi connectivity index (χ4n) is 1.96. The van der Waals surface area contributed by atoms with E-state index < -0.39 is 0 Å². The summed E-state index contributed by atoms with van der Waals surface area (Å²) < 4.78 is 5.42. The number of benzene rings is 1. The molecule has 2 N–H and O–H groups in total. The number of anilines is 1. The molecule has 1 unspecified atom stereocenters. The second kappa shape index (κ2) is 7.81. The fourth-order valence-corrected chi connectivity index (χ4v) is 1.96. The number of ether oxygens (including phenoxy) is 1. The molecule has 1 fully saturated rings. The first-order valence-electron chi connectivity index (χ1n) is 6.17. The van der Waals surface area contributed by atoms with Gasteiger partial charge in [0.05, 0.1) is 6.04 Å². The number of amides is 1. The second-order valence-corrected chi connectivity index (χ2v) is 4.27. The lowest BCUT2D eigenvalue weighted by Gasteiger charge is -2.12. The highest BCUT2D eigenvalue weighted by molar-refractivity contribution is 5.95. The summed E-state index contributed by atoms with van der Waals surface area (Å²) in [6.45, 7) is 4.97. The monoisotopic (exact) mass is 282 g/mol. The van der Waals surface area contributed by atoms with Gasteiger partial charge in [0.25, 0.3) is 0 Å². The van der Waals surface area contributed by atoms with Crippen molar-refractivity contribution < 1.29 is 9.53 Å². The Labute approximate surface area is 119 Å². The second-order valence-electron chi connectivity index (χ2n) is 4.27. The van der Waals surface area contributed by atoms with E-state index in [2.05, 4.69) is 17.2 Å². The lowest BCUT2D eigenvalue weighted by atomic mass is 10.2. The molecular formula is C14H19ClN2O2. The Hall–Kier alpha value is -1.52. The first kappa shape index (κ1) is 15.5. The minimum atomic E-state index is -0.0669. The average molecular weight is 283 g/mol. The summed E-state index contributed by atoms with van der Waals surface area (Å²) in [6.07, 6.45) is 3.65. The SMILES string of the molecule is C=CCOc1cccc(NC(=O)C2CCCN2)c1.Cl. The summed E-state index contributed by atoms with van der Waals surface area (Å²) >= 11 is 0. The maximum atomic E-state index is 11.9. The van der Waals surface area contributed by atoms with Gasteiger partial charge in [-0.25, -0.2) is 0 Å². The van der Waals surface area contributed by atoms with Crippen molar-refractivity contribution in [1.29, 1.82) is 0 Å². The lowest BCUT2D eigenvalue weighted by molar-refractivity contribution is -0.117. The number of rotatable bonds is 5. The molecule has 1 atom stereocenters. The van der Waals surface area contributed by atoms with Gasteiger partial charge in [-0.05, 0) is 31.5 Å². The van der Waals surface area contributed by atoms with E-state index in [-0.39, 0.29) is 24.4 Å². The molecule has 0 radical (unpaired) electrons. The number of nitrogens with one attached hydrogen (secondary N) is 2. The largest absolute Gasteiger partial charge is 0.489 e. The summed E-state index contributed by atoms with van der Waals surface area (Å²) in [5.41, 5.74) is 0.760. The number of carbonyl (C=O) groups is 1. The van der Waals surface area contributed by atoms with Crippen LogP contribution in [0.1, 0.15) is 12.8 Å². The molecule has 5 heteroatoms. The van der Waals surface area contributed by atoms with Crippen LogP contribution in [0, 0.1) is 0 Å². The Bertz CT molecular complexity index is 431. The topological polar surface area (TPSA) is 50.4 Å². The van der Waals surface area contributed by atoms with E-state index in [9.17, 15) is 4.79 Å². The standard InChI is InChI=1S/C14H18N2O2.ClH/c1-2-9-18-12-6-3-5-11(10-12)16-14(17)13-7-4-8-15-13;/h2-3,5-6,10,13,15H,1,4,7-9H2,(H,16,17);1H. The highest BCUT2D eigenvalue weighted by atomic mass is 35.5. The third kappa shape index (κ3) is 4.58. The summed E-state index contributed by atoms with van der Waals surface area (Å²) in [5.74, 6) is 0.750. The fraction of sp³-hybridized carbons (Fsp3) is 0.357. The molecule has 1 aromatic rings. The lowest BCUT2D eigenvalue weighted by Crippen LogP contribution is -2.35. The van der Waals surface area contributed by atoms with Crippen molar-refractivity contribution in [1.82, 2.24) is 5.32 Å². The number of halogens is 1. The molecule has 0 spiro atoms. The van der Waals surface area contributed by atoms with Gasteiger partial charge < -0.3 is 15.4 Å². The van der Waals surface area contributed by atoms with E-state index in [1.807, 2.05) is 24.3 Å².